The number of hydrogen-bond acceptors (Lipinski definition) is 8. The molecule has 4 amide bonds. The Morgan fingerprint density at radius 3 is 2.39 bits per heavy atom. The van der Waals surface area contributed by atoms with Crippen LogP contribution in [0.4, 0.5) is 15.8 Å². The predicted octanol–water partition coefficient (Wildman–Crippen LogP) is 2.34. The molecule has 4 aromatic carbocycles. The molecular formula is C33H27FN6O8S. The average molecular weight is 687 g/mol. The van der Waals surface area contributed by atoms with Crippen molar-refractivity contribution in [2.24, 2.45) is 7.05 Å². The molecular weight excluding hydrogens is 659 g/mol. The summed E-state index contributed by atoms with van der Waals surface area (Å²) in [6.07, 6.45) is 0.389. The minimum atomic E-state index is -4.35. The molecule has 16 heteroatoms. The minimum Gasteiger partial charge on any atom is -0.506 e. The van der Waals surface area contributed by atoms with E-state index in [0.29, 0.717) is 26.6 Å². The van der Waals surface area contributed by atoms with E-state index >= 15 is 4.39 Å². The zero-order valence-electron chi connectivity index (χ0n) is 25.7. The van der Waals surface area contributed by atoms with Crippen molar-refractivity contribution in [2.45, 2.75) is 25.3 Å². The zero-order chi connectivity index (χ0) is 34.8. The van der Waals surface area contributed by atoms with Gasteiger partial charge in [-0.3, -0.25) is 33.6 Å². The first-order valence-corrected chi connectivity index (χ1v) is 16.5. The van der Waals surface area contributed by atoms with Gasteiger partial charge >= 0.3 is 15.9 Å². The van der Waals surface area contributed by atoms with Gasteiger partial charge in [0.25, 0.3) is 5.91 Å². The summed E-state index contributed by atoms with van der Waals surface area (Å²) in [6, 6.07) is 17.2. The van der Waals surface area contributed by atoms with Crippen LogP contribution in [-0.4, -0.2) is 52.8 Å². The summed E-state index contributed by atoms with van der Waals surface area (Å²) in [7, 11) is -2.73. The highest BCUT2D eigenvalue weighted by Crippen LogP contribution is 2.39. The molecule has 14 nitrogen and oxygen atoms in total. The summed E-state index contributed by atoms with van der Waals surface area (Å²) in [5, 5.41) is 15.7. The third-order valence-corrected chi connectivity index (χ3v) is 10.0. The van der Waals surface area contributed by atoms with Crippen LogP contribution in [0.1, 0.15) is 24.4 Å². The first kappa shape index (κ1) is 31.6. The van der Waals surface area contributed by atoms with Crippen molar-refractivity contribution in [2.75, 3.05) is 16.2 Å². The van der Waals surface area contributed by atoms with Crippen molar-refractivity contribution in [3.8, 4) is 16.9 Å². The van der Waals surface area contributed by atoms with E-state index < -0.39 is 51.9 Å². The third kappa shape index (κ3) is 5.54. The molecule has 0 bridgehead atoms. The lowest BCUT2D eigenvalue weighted by molar-refractivity contribution is -0.135. The average Bonchev–Trinajstić information content (AvgIpc) is 3.46. The second-order valence-electron chi connectivity index (χ2n) is 11.8. The number of halogens is 1. The maximum absolute atomic E-state index is 15.4. The number of fused-ring (bicyclic) bond motifs is 2. The largest absolute Gasteiger partial charge is 0.506 e. The number of amides is 4. The van der Waals surface area contributed by atoms with E-state index in [1.807, 2.05) is 24.3 Å². The fourth-order valence-electron chi connectivity index (χ4n) is 6.28. The predicted molar refractivity (Wildman–Crippen MR) is 176 cm³/mol. The van der Waals surface area contributed by atoms with Crippen molar-refractivity contribution in [3.05, 3.63) is 88.6 Å². The molecule has 0 radical (unpaired) electrons. The van der Waals surface area contributed by atoms with Gasteiger partial charge in [-0.2, -0.15) is 8.42 Å². The van der Waals surface area contributed by atoms with Gasteiger partial charge in [0.05, 0.1) is 17.5 Å². The van der Waals surface area contributed by atoms with Crippen molar-refractivity contribution in [3.63, 3.8) is 0 Å². The first-order valence-electron chi connectivity index (χ1n) is 15.0. The van der Waals surface area contributed by atoms with Gasteiger partial charge < -0.3 is 10.4 Å². The number of imide groups is 1. The van der Waals surface area contributed by atoms with E-state index in [0.717, 1.165) is 17.2 Å². The third-order valence-electron chi connectivity index (χ3n) is 8.65. The fourth-order valence-corrected chi connectivity index (χ4v) is 7.44. The van der Waals surface area contributed by atoms with Gasteiger partial charge in [-0.25, -0.2) is 18.2 Å². The summed E-state index contributed by atoms with van der Waals surface area (Å²) in [5.74, 6) is -3.83. The van der Waals surface area contributed by atoms with Crippen molar-refractivity contribution >= 4 is 67.0 Å². The molecule has 2 saturated heterocycles. The highest BCUT2D eigenvalue weighted by molar-refractivity contribution is 7.92. The zero-order valence-corrected chi connectivity index (χ0v) is 26.5. The Morgan fingerprint density at radius 2 is 1.69 bits per heavy atom. The number of aromatic hydroxyl groups is 1. The molecule has 1 aromatic heterocycles. The number of hydrogen-bond donors (Lipinski definition) is 4. The lowest BCUT2D eigenvalue weighted by Gasteiger charge is -2.21. The van der Waals surface area contributed by atoms with Gasteiger partial charge in [0, 0.05) is 24.5 Å². The minimum absolute atomic E-state index is 0.00700. The maximum Gasteiger partial charge on any atom is 0.329 e. The number of carbonyl (C=O) groups excluding carboxylic acids is 4. The quantitative estimate of drug-likeness (QED) is 0.196. The fraction of sp³-hybridized carbons (Fsp3) is 0.182. The molecule has 2 aliphatic rings. The topological polar surface area (TPSA) is 189 Å². The number of carbonyl (C=O) groups is 4. The molecule has 0 spiro atoms. The number of benzene rings is 4. The molecule has 49 heavy (non-hydrogen) atoms. The summed E-state index contributed by atoms with van der Waals surface area (Å²) < 4.78 is 44.8. The van der Waals surface area contributed by atoms with Gasteiger partial charge in [0.1, 0.15) is 24.0 Å². The SMILES string of the molecule is Cn1c(=O)n([C@H]2CCC(=O)NC2=O)c2ccc(-c3ccc(CC(=O)Nc4ccc5c(F)c(N6CC(=O)NS6(=O)=O)c(O)cc5c4)cc3)cc21. The maximum atomic E-state index is 15.4. The second-order valence-corrected chi connectivity index (χ2v) is 13.4. The Hall–Kier alpha value is -6.03. The number of aryl methyl sites for hydroxylation is 1. The van der Waals surface area contributed by atoms with Crippen LogP contribution in [0, 0.1) is 5.82 Å². The van der Waals surface area contributed by atoms with E-state index in [9.17, 15) is 37.5 Å². The van der Waals surface area contributed by atoms with E-state index in [1.165, 1.54) is 27.3 Å². The normalized spacial score (nSPS) is 17.4. The van der Waals surface area contributed by atoms with E-state index in [2.05, 4.69) is 10.6 Å². The molecule has 0 unspecified atom stereocenters. The second kappa shape index (κ2) is 11.6. The van der Waals surface area contributed by atoms with Crippen LogP contribution in [0.25, 0.3) is 32.9 Å². The van der Waals surface area contributed by atoms with Crippen LogP contribution in [0.2, 0.25) is 0 Å². The first-order chi connectivity index (χ1) is 23.3. The Morgan fingerprint density at radius 1 is 0.959 bits per heavy atom. The number of anilines is 2. The Balaban J connectivity index is 1.06. The summed E-state index contributed by atoms with van der Waals surface area (Å²) in [6.45, 7) is -0.676. The van der Waals surface area contributed by atoms with E-state index in [1.54, 1.807) is 30.0 Å². The van der Waals surface area contributed by atoms with Crippen molar-refractivity contribution in [1.29, 1.82) is 0 Å². The van der Waals surface area contributed by atoms with Gasteiger partial charge in [-0.15, -0.1) is 0 Å². The lowest BCUT2D eigenvalue weighted by Crippen LogP contribution is -2.44. The monoisotopic (exact) mass is 686 g/mol. The van der Waals surface area contributed by atoms with Crippen LogP contribution in [0.3, 0.4) is 0 Å². The number of aromatic nitrogens is 2. The highest BCUT2D eigenvalue weighted by atomic mass is 32.2. The van der Waals surface area contributed by atoms with Crippen molar-refractivity contribution in [1.82, 2.24) is 19.2 Å². The van der Waals surface area contributed by atoms with Crippen molar-refractivity contribution < 1.29 is 37.1 Å². The molecule has 250 valence electrons. The van der Waals surface area contributed by atoms with Crippen LogP contribution >= 0.6 is 0 Å². The molecule has 1 atom stereocenters. The molecule has 3 heterocycles. The van der Waals surface area contributed by atoms with Gasteiger partial charge in [-0.1, -0.05) is 30.3 Å². The molecule has 4 N–H and O–H groups in total. The van der Waals surface area contributed by atoms with Crippen LogP contribution in [-0.2, 0) is 42.9 Å². The lowest BCUT2D eigenvalue weighted by atomic mass is 10.0. The number of phenolic OH excluding ortho intramolecular Hbond substituents is 1. The number of piperidine rings is 1. The summed E-state index contributed by atoms with van der Waals surface area (Å²) in [4.78, 5) is 61.7. The van der Waals surface area contributed by atoms with Gasteiger partial charge in [0.2, 0.25) is 17.7 Å². The smallest absolute Gasteiger partial charge is 0.329 e. The summed E-state index contributed by atoms with van der Waals surface area (Å²) in [5.41, 5.74) is 2.80. The van der Waals surface area contributed by atoms with E-state index in [4.69, 9.17) is 0 Å². The number of rotatable bonds is 6. The molecule has 2 aliphatic heterocycles. The number of imidazole rings is 1. The summed E-state index contributed by atoms with van der Waals surface area (Å²) >= 11 is 0. The number of nitrogens with zero attached hydrogens (tertiary/aromatic N) is 3. The molecule has 2 fully saturated rings. The standard InChI is InChI=1S/C33H27FN6O8S/c1-38-25-14-19(6-9-23(25)40(33(38)46)24-10-11-27(42)36-32(24)45)18-4-2-17(3-5-18)12-28(43)35-21-7-8-22-20(13-21)15-26(41)31(30(22)34)39-16-29(44)37-49(39,47)48/h2-9,13-15,24,41H,10-12,16H2,1H3,(H,35,43)(H,37,44)(H,36,42,45)/t24-/m0/s1. The number of nitrogens with one attached hydrogen (secondary N) is 3. The highest BCUT2D eigenvalue weighted by Gasteiger charge is 2.38. The molecule has 0 aliphatic carbocycles. The molecule has 7 rings (SSSR count). The van der Waals surface area contributed by atoms with Crippen LogP contribution in [0.5, 0.6) is 5.75 Å². The molecule has 0 saturated carbocycles. The Labute approximate surface area is 276 Å². The van der Waals surface area contributed by atoms with Crippen LogP contribution in [0.15, 0.2) is 71.5 Å². The molecule has 5 aromatic rings. The van der Waals surface area contributed by atoms with E-state index in [-0.39, 0.29) is 47.5 Å². The Bertz CT molecular complexity index is 2440. The van der Waals surface area contributed by atoms with Gasteiger partial charge in [-0.05, 0) is 64.9 Å². The van der Waals surface area contributed by atoms with Crippen LogP contribution < -0.4 is 25.4 Å². The van der Waals surface area contributed by atoms with Gasteiger partial charge in [0.15, 0.2) is 5.82 Å². The Kier molecular flexibility index (Phi) is 7.46. The number of phenols is 1.